The maximum atomic E-state index is 8.29. The first-order valence-electron chi connectivity index (χ1n) is 72.6. The topological polar surface area (TPSA) is 19.4 Å². The van der Waals surface area contributed by atoms with Crippen LogP contribution in [0.2, 0.25) is 0 Å². The molecule has 149 heavy (non-hydrogen) atoms. The number of aryl methyl sites for hydroxylation is 29. The van der Waals surface area contributed by atoms with Gasteiger partial charge in [0.25, 0.3) is 0 Å². The highest BCUT2D eigenvalue weighted by molar-refractivity contribution is 5.87. The van der Waals surface area contributed by atoms with Crippen LogP contribution in [0.5, 0.6) is 0 Å². The molecule has 0 saturated carbocycles. The molecule has 15 aromatic carbocycles. The lowest BCUT2D eigenvalue weighted by Gasteiger charge is -2.16. The Bertz CT molecular complexity index is 10200. The van der Waals surface area contributed by atoms with Crippen molar-refractivity contribution in [1.82, 2.24) is 0 Å². The third kappa shape index (κ3) is 23.4. The Morgan fingerprint density at radius 1 is 0.134 bits per heavy atom. The Morgan fingerprint density at radius 2 is 0.329 bits per heavy atom. The van der Waals surface area contributed by atoms with E-state index in [1.165, 1.54) is 73.3 Å². The van der Waals surface area contributed by atoms with E-state index in [-0.39, 0.29) is 106 Å². The van der Waals surface area contributed by atoms with Gasteiger partial charge in [-0.1, -0.05) is 290 Å². The van der Waals surface area contributed by atoms with E-state index in [1.807, 2.05) is 199 Å². The molecule has 744 valence electrons. The van der Waals surface area contributed by atoms with Gasteiger partial charge in [-0.15, -0.1) is 0 Å². The van der Waals surface area contributed by atoms with E-state index in [9.17, 15) is 0 Å². The van der Waals surface area contributed by atoms with Gasteiger partial charge in [0, 0.05) is 152 Å². The highest BCUT2D eigenvalue weighted by Crippen LogP contribution is 2.44. The van der Waals surface area contributed by atoms with Crippen LogP contribution in [0, 0.1) is 165 Å². The Hall–Kier alpha value is -16.0. The molecule has 0 amide bonds. The monoisotopic (exact) mass is 2000 g/mol. The van der Waals surface area contributed by atoms with Gasteiger partial charge in [0.05, 0.1) is 0 Å². The van der Waals surface area contributed by atoms with E-state index in [0.717, 1.165) is 44.6 Å². The average Bonchev–Trinajstić information content (AvgIpc) is 0.726. The summed E-state index contributed by atoms with van der Waals surface area (Å²) in [6.45, 7) is -26.2. The molecule has 0 fully saturated rings. The lowest BCUT2D eigenvalue weighted by molar-refractivity contribution is -0.660. The number of benzene rings is 15. The summed E-state index contributed by atoms with van der Waals surface area (Å²) in [7, 11) is 8.55. The molecule has 20 aromatic rings. The number of hydrogen-bond donors (Lipinski definition) is 0. The van der Waals surface area contributed by atoms with E-state index < -0.39 is 110 Å². The molecule has 0 N–H and O–H groups in total. The van der Waals surface area contributed by atoms with Gasteiger partial charge in [-0.2, -0.15) is 0 Å². The molecular weight excluding hydrogens is 1800 g/mol. The molecule has 20 rings (SSSR count). The van der Waals surface area contributed by atoms with Gasteiger partial charge in [0.15, 0.2) is 31.0 Å². The van der Waals surface area contributed by atoms with Crippen LogP contribution in [-0.4, -0.2) is 0 Å². The molecule has 0 unspecified atom stereocenters. The summed E-state index contributed by atoms with van der Waals surface area (Å²) in [6, 6.07) is 97.4. The highest BCUT2D eigenvalue weighted by Gasteiger charge is 2.28. The van der Waals surface area contributed by atoms with Crippen molar-refractivity contribution in [3.8, 4) is 168 Å². The molecule has 5 heterocycles. The Labute approximate surface area is 957 Å². The number of pyridine rings is 5. The standard InChI is InChI=1S/2C30H32N.C29H30N.C28H28N.C27H26N/c2*1-19-13-22(4)30(23(5)14-19)28-17-29(31(7)18-24(28)6)27-16-26(20(2)15-21(27)3)25-11-9-8-10-12-25;1-19-11-10-12-20(2)29(19)27-17-28(30(6)18-23(27)5)26-16-25(21(3)15-22(26)4)24-13-8-7-9-14-24;1-19-11-9-10-14-24(19)26-17-28(29(5)18-22(26)4)27-16-25(20(2)15-21(27)3)23-12-7-6-8-13-23;1-19-15-20(2)26(16-24(19)22-11-7-5-8-12-22)27-17-25(21(3)18-28(27)4)23-13-9-6-10-14-23/h2*8-18H,1-7H3;7-18H,1-6H3;6-18H,1-5H3;5-18H,1-4H3/q5*+1/i2D3,4D3,5D3,6D3;2D3,4D3,6D3;1D3,2D3,3D3,5D3;1D3,2D3,4D3;1D3,3D3. The molecule has 0 aliphatic rings. The van der Waals surface area contributed by atoms with E-state index in [0.29, 0.717) is 151 Å². The zero-order chi connectivity index (χ0) is 146. The van der Waals surface area contributed by atoms with Gasteiger partial charge >= 0.3 is 0 Å². The predicted octanol–water partition coefficient (Wildman–Crippen LogP) is 35.0. The Morgan fingerprint density at radius 3 is 0.591 bits per heavy atom. The van der Waals surface area contributed by atoms with Crippen LogP contribution in [0.25, 0.3) is 168 Å². The molecule has 0 aliphatic heterocycles. The van der Waals surface area contributed by atoms with E-state index >= 15 is 0 Å². The molecule has 5 heteroatoms. The molecule has 0 atom stereocenters. The van der Waals surface area contributed by atoms with Gasteiger partial charge in [-0.05, 0) is 401 Å². The number of aromatic nitrogens is 5. The summed E-state index contributed by atoms with van der Waals surface area (Å²) >= 11 is 0. The second-order valence-corrected chi connectivity index (χ2v) is 37.8. The normalized spacial score (nSPS) is 17.1. The Balaban J connectivity index is 0.000000168. The average molecular weight is 2000 g/mol. The summed E-state index contributed by atoms with van der Waals surface area (Å²) in [5.41, 5.74) is 20.3. The van der Waals surface area contributed by atoms with Crippen LogP contribution < -0.4 is 22.8 Å². The fourth-order valence-corrected chi connectivity index (χ4v) is 19.4. The van der Waals surface area contributed by atoms with E-state index in [1.54, 1.807) is 212 Å². The molecule has 5 nitrogen and oxygen atoms in total. The minimum Gasteiger partial charge on any atom is -0.201 e. The predicted molar refractivity (Wildman–Crippen MR) is 633 cm³/mol. The summed E-state index contributed by atoms with van der Waals surface area (Å²) in [4.78, 5) is 0. The number of hydrogen-bond acceptors (Lipinski definition) is 0. The first-order chi connectivity index (χ1) is 90.8. The smallest absolute Gasteiger partial charge is 0.201 e. The van der Waals surface area contributed by atoms with Crippen LogP contribution in [0.3, 0.4) is 0 Å². The minimum atomic E-state index is -2.75. The first kappa shape index (κ1) is 60.4. The second kappa shape index (κ2) is 46.0. The van der Waals surface area contributed by atoms with Crippen LogP contribution in [-0.2, 0) is 35.2 Å². The van der Waals surface area contributed by atoms with Crippen LogP contribution in [0.1, 0.15) is 199 Å². The largest absolute Gasteiger partial charge is 0.213 e. The van der Waals surface area contributed by atoms with Crippen molar-refractivity contribution in [1.29, 1.82) is 0 Å². The third-order valence-corrected chi connectivity index (χ3v) is 26.9. The van der Waals surface area contributed by atoms with Crippen molar-refractivity contribution in [2.45, 2.75) is 165 Å². The van der Waals surface area contributed by atoms with Crippen LogP contribution in [0.15, 0.2) is 371 Å². The summed E-state index contributed by atoms with van der Waals surface area (Å²) < 4.78 is 400. The van der Waals surface area contributed by atoms with Crippen molar-refractivity contribution in [3.63, 3.8) is 0 Å². The lowest BCUT2D eigenvalue weighted by Crippen LogP contribution is -2.31. The quantitative estimate of drug-likeness (QED) is 0.0912. The molecule has 0 aliphatic carbocycles. The number of nitrogens with zero attached hydrogens (tertiary/aromatic N) is 5. The number of rotatable bonds is 15. The fourth-order valence-electron chi connectivity index (χ4n) is 19.4. The lowest BCUT2D eigenvalue weighted by atomic mass is 9.89. The minimum absolute atomic E-state index is 0.0282. The zero-order valence-electron chi connectivity index (χ0n) is 133. The van der Waals surface area contributed by atoms with Crippen LogP contribution >= 0.6 is 0 Å². The van der Waals surface area contributed by atoms with Crippen molar-refractivity contribution in [2.24, 2.45) is 35.2 Å². The molecule has 0 saturated heterocycles. The van der Waals surface area contributed by atoms with Crippen molar-refractivity contribution < 1.29 is 88.6 Å². The highest BCUT2D eigenvalue weighted by atomic mass is 14.9. The molecule has 0 radical (unpaired) electrons. The van der Waals surface area contributed by atoms with Gasteiger partial charge < -0.3 is 0 Å². The van der Waals surface area contributed by atoms with Crippen LogP contribution in [0.4, 0.5) is 0 Å². The zero-order valence-corrected chi connectivity index (χ0v) is 85.5. The maximum absolute atomic E-state index is 8.29. The van der Waals surface area contributed by atoms with Gasteiger partial charge in [0.2, 0.25) is 28.5 Å². The fraction of sp³-hybridized carbons (Fsp3) is 0.201. The van der Waals surface area contributed by atoms with Gasteiger partial charge in [0.1, 0.15) is 35.2 Å². The molecular formula is C144H148N5+5. The van der Waals surface area contributed by atoms with Crippen molar-refractivity contribution in [2.75, 3.05) is 0 Å². The summed E-state index contributed by atoms with van der Waals surface area (Å²) in [5.74, 6) is 0. The first-order valence-corrected chi connectivity index (χ1v) is 48.6. The van der Waals surface area contributed by atoms with E-state index in [4.69, 9.17) is 65.8 Å². The third-order valence-electron chi connectivity index (χ3n) is 26.9. The second-order valence-electron chi connectivity index (χ2n) is 37.8. The molecule has 0 spiro atoms. The summed E-state index contributed by atoms with van der Waals surface area (Å²) in [6.07, 6.45) is 7.41. The van der Waals surface area contributed by atoms with Crippen molar-refractivity contribution in [3.05, 3.63) is 504 Å². The van der Waals surface area contributed by atoms with Crippen molar-refractivity contribution >= 4 is 0 Å². The SMILES string of the molecule is [2H]C([2H])([2H])c1cc(C)c(-c2cc(-c3c(C([2H])([2H])[2H])cc(C)cc3C([2H])([2H])[2H])c(C([2H])([2H])[2H])c[n+]2C)cc1-c1ccccc1.[2H]C([2H])([2H])c1cc(C)c(-c2cc(-c3c(C([2H])([2H])[2H])cccc3C([2H])([2H])[2H])c(C([2H])([2H])[2H])c[n+]2C)cc1-c1ccccc1.[2H]C([2H])([2H])c1cc(C)c(-c2cc(-c3c(C)cc(C)cc3C([2H])([2H])[2H])c(C([2H])([2H])[2H])c[n+]2C)cc1-c1ccccc1.[2H]C([2H])([2H])c1cc(C)c(-c2cc(-c3ccccc3)c(C([2H])([2H])[2H])c[n+]2C)cc1-c1ccccc1.[2H]C([2H])([2H])c1cc(C)c(-c2cc(-c3ccccc3C([2H])([2H])[2H])c(C([2H])([2H])[2H])c[n+]2C)cc1-c1ccccc1. The van der Waals surface area contributed by atoms with E-state index in [2.05, 4.69) is 0 Å². The molecule has 0 bridgehead atoms. The van der Waals surface area contributed by atoms with Gasteiger partial charge in [-0.3, -0.25) is 0 Å². The molecule has 5 aromatic heterocycles. The Kier molecular flexibility index (Phi) is 18.6. The van der Waals surface area contributed by atoms with Gasteiger partial charge in [-0.25, -0.2) is 22.8 Å². The maximum Gasteiger partial charge on any atom is 0.213 e. The summed E-state index contributed by atoms with van der Waals surface area (Å²) in [5, 5.41) is 0.